The van der Waals surface area contributed by atoms with Gasteiger partial charge in [-0.2, -0.15) is 0 Å². The number of allylic oxidation sites excluding steroid dienone is 4. The lowest BCUT2D eigenvalue weighted by Crippen LogP contribution is -2.69. The Morgan fingerprint density at radius 1 is 1.00 bits per heavy atom. The highest BCUT2D eigenvalue weighted by molar-refractivity contribution is 6.01. The van der Waals surface area contributed by atoms with E-state index in [1.807, 2.05) is 76.6 Å². The number of rotatable bonds is 9. The summed E-state index contributed by atoms with van der Waals surface area (Å²) in [6.45, 7) is 3.19. The molecule has 3 saturated carbocycles. The fourth-order valence-corrected chi connectivity index (χ4v) is 10.1. The van der Waals surface area contributed by atoms with Gasteiger partial charge in [0.2, 0.25) is 5.78 Å². The lowest BCUT2D eigenvalue weighted by molar-refractivity contribution is -0.862. The third kappa shape index (κ3) is 5.65. The van der Waals surface area contributed by atoms with E-state index in [-0.39, 0.29) is 25.4 Å². The molecule has 9 nitrogen and oxygen atoms in total. The Labute approximate surface area is 298 Å². The van der Waals surface area contributed by atoms with Crippen molar-refractivity contribution in [3.05, 3.63) is 94.6 Å². The van der Waals surface area contributed by atoms with E-state index in [9.17, 15) is 24.6 Å². The summed E-state index contributed by atoms with van der Waals surface area (Å²) in [5.41, 5.74) is -1.51. The highest BCUT2D eigenvalue weighted by Crippen LogP contribution is 2.72. The Kier molecular flexibility index (Phi) is 8.82. The van der Waals surface area contributed by atoms with Crippen LogP contribution in [0.3, 0.4) is 0 Å². The average Bonchev–Trinajstić information content (AvgIpc) is 3.58. The lowest BCUT2D eigenvalue weighted by atomic mass is 9.44. The van der Waals surface area contributed by atoms with Crippen LogP contribution in [0, 0.1) is 22.7 Å². The van der Waals surface area contributed by atoms with Gasteiger partial charge in [0.15, 0.2) is 36.5 Å². The molecule has 2 N–H and O–H groups in total. The largest absolute Gasteiger partial charge is 0.453 e. The number of carbonyl (C=O) groups is 3. The molecule has 4 aliphatic carbocycles. The summed E-state index contributed by atoms with van der Waals surface area (Å²) in [6.07, 6.45) is 3.21. The molecule has 272 valence electrons. The van der Waals surface area contributed by atoms with E-state index in [1.165, 1.54) is 12.2 Å². The molecule has 9 atom stereocenters. The number of quaternary nitrogens is 1. The van der Waals surface area contributed by atoms with Crippen LogP contribution in [0.5, 0.6) is 0 Å². The fourth-order valence-electron chi connectivity index (χ4n) is 10.1. The number of hydrogen-bond acceptors (Lipinski definition) is 8. The van der Waals surface area contributed by atoms with Gasteiger partial charge in [0, 0.05) is 22.3 Å². The molecule has 1 saturated heterocycles. The lowest BCUT2D eigenvalue weighted by Gasteiger charge is -2.62. The van der Waals surface area contributed by atoms with Gasteiger partial charge in [-0.15, -0.1) is 0 Å². The normalized spacial score (nSPS) is 36.8. The predicted octanol–water partition coefficient (Wildman–Crippen LogP) is 4.72. The van der Waals surface area contributed by atoms with Gasteiger partial charge >= 0.3 is 5.97 Å². The second kappa shape index (κ2) is 12.6. The van der Waals surface area contributed by atoms with Crippen LogP contribution in [0.15, 0.2) is 72.3 Å². The minimum absolute atomic E-state index is 0.00870. The smallest absolute Gasteiger partial charge is 0.362 e. The topological polar surface area (TPSA) is 119 Å². The van der Waals surface area contributed by atoms with E-state index in [0.717, 1.165) is 16.7 Å². The van der Waals surface area contributed by atoms with Crippen LogP contribution < -0.4 is 0 Å². The van der Waals surface area contributed by atoms with Gasteiger partial charge in [0.1, 0.15) is 0 Å². The van der Waals surface area contributed by atoms with Crippen LogP contribution in [0.1, 0.15) is 68.1 Å². The summed E-state index contributed by atoms with van der Waals surface area (Å²) in [7, 11) is 5.56. The summed E-state index contributed by atoms with van der Waals surface area (Å²) in [5.74, 6) is -2.20. The molecule has 0 unspecified atom stereocenters. The maximum absolute atomic E-state index is 17.9. The zero-order valence-electron chi connectivity index (χ0n) is 30.1. The van der Waals surface area contributed by atoms with Crippen molar-refractivity contribution in [3.8, 4) is 0 Å². The predicted molar refractivity (Wildman–Crippen MR) is 186 cm³/mol. The van der Waals surface area contributed by atoms with E-state index in [2.05, 4.69) is 0 Å². The number of carbonyl (C=O) groups excluding carboxylic acids is 3. The molecule has 0 aromatic heterocycles. The minimum atomic E-state index is -2.08. The number of nitrogens with zero attached hydrogens (tertiary/aromatic N) is 1. The van der Waals surface area contributed by atoms with E-state index in [1.54, 1.807) is 13.0 Å². The molecule has 7 rings (SSSR count). The number of fused-ring (bicyclic) bond motifs is 7. The first-order valence-corrected chi connectivity index (χ1v) is 18.0. The van der Waals surface area contributed by atoms with Crippen molar-refractivity contribution in [1.29, 1.82) is 0 Å². The first-order chi connectivity index (χ1) is 24.0. The second-order valence-electron chi connectivity index (χ2n) is 16.7. The molecular weight excluding hydrogens is 653 g/mol. The summed E-state index contributed by atoms with van der Waals surface area (Å²) in [6, 6.07) is 15.6. The molecule has 51 heavy (non-hydrogen) atoms. The molecule has 2 aromatic carbocycles. The van der Waals surface area contributed by atoms with Gasteiger partial charge < -0.3 is 28.9 Å². The van der Waals surface area contributed by atoms with Gasteiger partial charge in [-0.1, -0.05) is 67.1 Å². The first kappa shape index (κ1) is 35.8. The van der Waals surface area contributed by atoms with Gasteiger partial charge in [-0.25, -0.2) is 9.18 Å². The number of ketones is 2. The molecule has 0 amide bonds. The summed E-state index contributed by atoms with van der Waals surface area (Å²) >= 11 is 0. The molecule has 0 spiro atoms. The van der Waals surface area contributed by atoms with E-state index in [0.29, 0.717) is 41.3 Å². The van der Waals surface area contributed by atoms with Crippen LogP contribution >= 0.6 is 0 Å². The summed E-state index contributed by atoms with van der Waals surface area (Å²) < 4.78 is 37.2. The molecule has 10 heteroatoms. The van der Waals surface area contributed by atoms with Crippen molar-refractivity contribution < 1.29 is 47.7 Å². The molecular formula is C41H49FNO8+. The number of hydrogen-bond donors (Lipinski definition) is 2. The van der Waals surface area contributed by atoms with Crippen LogP contribution in [-0.4, -0.2) is 90.0 Å². The fraction of sp³-hybridized carbons (Fsp3) is 0.537. The molecule has 0 radical (unpaired) electrons. The van der Waals surface area contributed by atoms with E-state index < -0.39 is 70.8 Å². The molecule has 5 aliphatic rings. The number of aliphatic hydroxyl groups is 2. The number of Topliss-reactive ketones (excluding diaryl/α,β-unsaturated/α-hetero) is 1. The monoisotopic (exact) mass is 702 g/mol. The minimum Gasteiger partial charge on any atom is -0.453 e. The molecule has 1 aliphatic heterocycles. The van der Waals surface area contributed by atoms with Gasteiger partial charge in [0.05, 0.1) is 40.0 Å². The Balaban J connectivity index is 1.20. The first-order valence-electron chi connectivity index (χ1n) is 18.0. The van der Waals surface area contributed by atoms with Crippen molar-refractivity contribution in [2.75, 3.05) is 34.3 Å². The third-order valence-corrected chi connectivity index (χ3v) is 12.6. The van der Waals surface area contributed by atoms with Crippen LogP contribution in [-0.2, 0) is 41.6 Å². The van der Waals surface area contributed by atoms with Crippen LogP contribution in [0.2, 0.25) is 0 Å². The Morgan fingerprint density at radius 3 is 2.29 bits per heavy atom. The number of ether oxygens (including phenoxy) is 3. The number of aliphatic hydroxyl groups excluding tert-OH is 2. The number of alkyl halides is 1. The molecule has 2 aromatic rings. The maximum Gasteiger partial charge on any atom is 0.362 e. The quantitative estimate of drug-likeness (QED) is 0.285. The summed E-state index contributed by atoms with van der Waals surface area (Å²) in [4.78, 5) is 39.7. The SMILES string of the molecule is C[C@]12C=CC(=O)C=C1CC[C@H]1[C@@H]3C[C@H]4O[C@@H](c5ccc(Cc6ccc(CO)cc6)cc5)O[C@@]4(C(=O)COC(=O)C[N+](C)(C)C)[C@@]3(C)C[C@H](O)[C@@]12F. The maximum atomic E-state index is 17.9. The average molecular weight is 703 g/mol. The number of esters is 1. The highest BCUT2D eigenvalue weighted by atomic mass is 19.1. The molecule has 4 fully saturated rings. The second-order valence-corrected chi connectivity index (χ2v) is 16.7. The number of likely N-dealkylation sites (N-methyl/N-ethyl adjacent to an activating group) is 1. The van der Waals surface area contributed by atoms with Gasteiger partial charge in [-0.05, 0) is 73.8 Å². The van der Waals surface area contributed by atoms with E-state index >= 15 is 4.39 Å². The van der Waals surface area contributed by atoms with Crippen molar-refractivity contribution in [1.82, 2.24) is 0 Å². The third-order valence-electron chi connectivity index (χ3n) is 12.6. The zero-order valence-corrected chi connectivity index (χ0v) is 30.1. The number of halogens is 1. The highest BCUT2D eigenvalue weighted by Gasteiger charge is 2.79. The van der Waals surface area contributed by atoms with Gasteiger partial charge in [0.25, 0.3) is 0 Å². The standard InChI is InChI=1S/C41H49FNO8/c1-38-17-16-30(45)19-29(38)14-15-31-32-20-35-41(39(32,2)21-33(46)40(31,38)42,34(47)24-49-36(48)22-43(3,4)5)51-37(50-35)28-12-10-26(11-13-28)18-25-6-8-27(23-44)9-7-25/h6-13,16-17,19,31-33,35,37,44,46H,14-15,18,20-24H2,1-5H3/q+1/t31-,32-,33-,35+,37+,38-,39-,40-,41+/m0/s1. The Morgan fingerprint density at radius 2 is 1.65 bits per heavy atom. The molecule has 1 heterocycles. The van der Waals surface area contributed by atoms with Crippen LogP contribution in [0.25, 0.3) is 0 Å². The summed E-state index contributed by atoms with van der Waals surface area (Å²) in [5, 5.41) is 21.3. The Bertz CT molecular complexity index is 1780. The molecule has 0 bridgehead atoms. The van der Waals surface area contributed by atoms with E-state index in [4.69, 9.17) is 14.2 Å². The number of benzene rings is 2. The van der Waals surface area contributed by atoms with Crippen molar-refractivity contribution >= 4 is 17.5 Å². The van der Waals surface area contributed by atoms with Crippen molar-refractivity contribution in [2.45, 2.75) is 82.3 Å². The van der Waals surface area contributed by atoms with Crippen molar-refractivity contribution in [3.63, 3.8) is 0 Å². The van der Waals surface area contributed by atoms with Crippen LogP contribution in [0.4, 0.5) is 4.39 Å². The van der Waals surface area contributed by atoms with Crippen molar-refractivity contribution in [2.24, 2.45) is 22.7 Å². The van der Waals surface area contributed by atoms with Gasteiger partial charge in [-0.3, -0.25) is 9.59 Å². The Hall–Kier alpha value is -3.54. The zero-order chi connectivity index (χ0) is 36.6.